The van der Waals surface area contributed by atoms with E-state index in [0.717, 1.165) is 5.56 Å². The highest BCUT2D eigenvalue weighted by molar-refractivity contribution is 6.11. The quantitative estimate of drug-likeness (QED) is 0.774. The maximum Gasteiger partial charge on any atom is 0.197 e. The Kier molecular flexibility index (Phi) is 3.42. The maximum absolute atomic E-state index is 13.2. The lowest BCUT2D eigenvalue weighted by atomic mass is 9.98. The first-order chi connectivity index (χ1) is 8.63. The number of hydrogen-bond acceptors (Lipinski definition) is 2. The summed E-state index contributed by atoms with van der Waals surface area (Å²) in [5, 5.41) is 0. The molecule has 2 nitrogen and oxygen atoms in total. The van der Waals surface area contributed by atoms with E-state index in [4.69, 9.17) is 4.74 Å². The molecule has 18 heavy (non-hydrogen) atoms. The molecule has 0 bridgehead atoms. The van der Waals surface area contributed by atoms with E-state index in [1.165, 1.54) is 19.2 Å². The van der Waals surface area contributed by atoms with Gasteiger partial charge in [0.1, 0.15) is 11.6 Å². The molecule has 0 amide bonds. The Bertz CT molecular complexity index is 591. The van der Waals surface area contributed by atoms with Gasteiger partial charge in [0, 0.05) is 5.56 Å². The van der Waals surface area contributed by atoms with Crippen molar-refractivity contribution in [1.29, 1.82) is 0 Å². The Morgan fingerprint density at radius 2 is 1.83 bits per heavy atom. The second-order valence-corrected chi connectivity index (χ2v) is 3.99. The highest BCUT2D eigenvalue weighted by atomic mass is 19.1. The lowest BCUT2D eigenvalue weighted by Crippen LogP contribution is -2.06. The smallest absolute Gasteiger partial charge is 0.197 e. The Labute approximate surface area is 105 Å². The van der Waals surface area contributed by atoms with Gasteiger partial charge in [-0.1, -0.05) is 18.2 Å². The first kappa shape index (κ1) is 12.3. The van der Waals surface area contributed by atoms with Crippen LogP contribution in [-0.2, 0) is 0 Å². The summed E-state index contributed by atoms with van der Waals surface area (Å²) in [7, 11) is 1.50. The summed E-state index contributed by atoms with van der Waals surface area (Å²) in [5.74, 6) is -0.158. The predicted octanol–water partition coefficient (Wildman–Crippen LogP) is 3.37. The fourth-order valence-electron chi connectivity index (χ4n) is 1.82. The van der Waals surface area contributed by atoms with Crippen LogP contribution in [0.25, 0.3) is 0 Å². The number of aryl methyl sites for hydroxylation is 1. The minimum Gasteiger partial charge on any atom is -0.496 e. The molecule has 0 heterocycles. The number of benzene rings is 2. The summed E-state index contributed by atoms with van der Waals surface area (Å²) >= 11 is 0. The summed E-state index contributed by atoms with van der Waals surface area (Å²) in [4.78, 5) is 12.4. The van der Waals surface area contributed by atoms with E-state index in [-0.39, 0.29) is 5.78 Å². The Balaban J connectivity index is 2.51. The van der Waals surface area contributed by atoms with E-state index in [9.17, 15) is 9.18 Å². The summed E-state index contributed by atoms with van der Waals surface area (Å²) in [6, 6.07) is 11.1. The fourth-order valence-corrected chi connectivity index (χ4v) is 1.82. The first-order valence-electron chi connectivity index (χ1n) is 5.57. The van der Waals surface area contributed by atoms with Crippen LogP contribution < -0.4 is 4.74 Å². The van der Waals surface area contributed by atoms with Crippen LogP contribution in [0.2, 0.25) is 0 Å². The van der Waals surface area contributed by atoms with E-state index in [0.29, 0.717) is 16.9 Å². The van der Waals surface area contributed by atoms with Gasteiger partial charge in [0.15, 0.2) is 5.78 Å². The van der Waals surface area contributed by atoms with E-state index in [1.807, 2.05) is 0 Å². The van der Waals surface area contributed by atoms with Crippen LogP contribution in [0, 0.1) is 12.7 Å². The van der Waals surface area contributed by atoms with Crippen molar-refractivity contribution >= 4 is 5.78 Å². The Hall–Kier alpha value is -2.16. The molecule has 0 unspecified atom stereocenters. The highest BCUT2D eigenvalue weighted by Gasteiger charge is 2.16. The van der Waals surface area contributed by atoms with Crippen molar-refractivity contribution in [2.45, 2.75) is 6.92 Å². The van der Waals surface area contributed by atoms with Crippen molar-refractivity contribution in [3.63, 3.8) is 0 Å². The first-order valence-corrected chi connectivity index (χ1v) is 5.57. The van der Waals surface area contributed by atoms with Gasteiger partial charge in [0.2, 0.25) is 0 Å². The number of ether oxygens (including phenoxy) is 1. The van der Waals surface area contributed by atoms with Crippen LogP contribution in [0.5, 0.6) is 5.75 Å². The van der Waals surface area contributed by atoms with Gasteiger partial charge in [-0.2, -0.15) is 0 Å². The average molecular weight is 244 g/mol. The van der Waals surface area contributed by atoms with Crippen LogP contribution in [0.15, 0.2) is 42.5 Å². The average Bonchev–Trinajstić information content (AvgIpc) is 2.40. The van der Waals surface area contributed by atoms with Crippen LogP contribution in [0.3, 0.4) is 0 Å². The third kappa shape index (κ3) is 2.25. The zero-order chi connectivity index (χ0) is 13.1. The number of para-hydroxylation sites is 1. The molecular weight excluding hydrogens is 231 g/mol. The number of carbonyl (C=O) groups is 1. The van der Waals surface area contributed by atoms with Crippen molar-refractivity contribution < 1.29 is 13.9 Å². The van der Waals surface area contributed by atoms with Crippen LogP contribution in [-0.4, -0.2) is 12.9 Å². The highest BCUT2D eigenvalue weighted by Crippen LogP contribution is 2.23. The number of ketones is 1. The number of hydrogen-bond donors (Lipinski definition) is 0. The van der Waals surface area contributed by atoms with Gasteiger partial charge in [-0.25, -0.2) is 4.39 Å². The number of methoxy groups -OCH3 is 1. The molecule has 0 radical (unpaired) electrons. The zero-order valence-electron chi connectivity index (χ0n) is 10.2. The Morgan fingerprint density at radius 3 is 2.56 bits per heavy atom. The molecule has 0 aliphatic rings. The van der Waals surface area contributed by atoms with Crippen molar-refractivity contribution in [2.75, 3.05) is 7.11 Å². The van der Waals surface area contributed by atoms with E-state index < -0.39 is 5.82 Å². The molecule has 3 heteroatoms. The van der Waals surface area contributed by atoms with Crippen molar-refractivity contribution in [2.24, 2.45) is 0 Å². The maximum atomic E-state index is 13.2. The number of rotatable bonds is 3. The number of carbonyl (C=O) groups excluding carboxylic acids is 1. The fraction of sp³-hybridized carbons (Fsp3) is 0.133. The molecule has 0 N–H and O–H groups in total. The van der Waals surface area contributed by atoms with E-state index in [1.54, 1.807) is 37.3 Å². The summed E-state index contributed by atoms with van der Waals surface area (Å²) < 4.78 is 18.4. The largest absolute Gasteiger partial charge is 0.496 e. The molecule has 0 aliphatic carbocycles. The molecule has 0 saturated carbocycles. The minimum absolute atomic E-state index is 0.232. The molecule has 2 aromatic carbocycles. The lowest BCUT2D eigenvalue weighted by Gasteiger charge is -2.09. The van der Waals surface area contributed by atoms with Gasteiger partial charge in [-0.3, -0.25) is 4.79 Å². The second-order valence-electron chi connectivity index (χ2n) is 3.99. The van der Waals surface area contributed by atoms with Crippen molar-refractivity contribution in [3.05, 3.63) is 65.0 Å². The molecule has 0 aromatic heterocycles. The Morgan fingerprint density at radius 1 is 1.11 bits per heavy atom. The van der Waals surface area contributed by atoms with Gasteiger partial charge in [-0.15, -0.1) is 0 Å². The summed E-state index contributed by atoms with van der Waals surface area (Å²) in [6.07, 6.45) is 0. The van der Waals surface area contributed by atoms with Crippen molar-refractivity contribution in [1.82, 2.24) is 0 Å². The second kappa shape index (κ2) is 5.00. The molecule has 92 valence electrons. The molecule has 0 aliphatic heterocycles. The van der Waals surface area contributed by atoms with Crippen LogP contribution in [0.4, 0.5) is 4.39 Å². The molecule has 0 saturated heterocycles. The third-order valence-electron chi connectivity index (χ3n) is 2.80. The molecular formula is C15H13FO2. The number of halogens is 1. The van der Waals surface area contributed by atoms with Crippen LogP contribution in [0.1, 0.15) is 21.5 Å². The van der Waals surface area contributed by atoms with Gasteiger partial charge in [0.05, 0.1) is 12.7 Å². The van der Waals surface area contributed by atoms with Crippen LogP contribution >= 0.6 is 0 Å². The SMILES string of the molecule is COc1ccccc1C(=O)c1cc(F)ccc1C. The molecule has 0 spiro atoms. The third-order valence-corrected chi connectivity index (χ3v) is 2.80. The summed E-state index contributed by atoms with van der Waals surface area (Å²) in [5.41, 5.74) is 1.54. The molecule has 2 aromatic rings. The van der Waals surface area contributed by atoms with Gasteiger partial charge in [0.25, 0.3) is 0 Å². The topological polar surface area (TPSA) is 26.3 Å². The standard InChI is InChI=1S/C15H13FO2/c1-10-7-8-11(16)9-13(10)15(17)12-5-3-4-6-14(12)18-2/h3-9H,1-2H3. The molecule has 2 rings (SSSR count). The monoisotopic (exact) mass is 244 g/mol. The zero-order valence-corrected chi connectivity index (χ0v) is 10.2. The minimum atomic E-state index is -0.418. The lowest BCUT2D eigenvalue weighted by molar-refractivity contribution is 0.103. The normalized spacial score (nSPS) is 10.2. The predicted molar refractivity (Wildman–Crippen MR) is 67.6 cm³/mol. The van der Waals surface area contributed by atoms with Gasteiger partial charge >= 0.3 is 0 Å². The van der Waals surface area contributed by atoms with Crippen molar-refractivity contribution in [3.8, 4) is 5.75 Å². The summed E-state index contributed by atoms with van der Waals surface area (Å²) in [6.45, 7) is 1.78. The van der Waals surface area contributed by atoms with Gasteiger partial charge < -0.3 is 4.74 Å². The van der Waals surface area contributed by atoms with E-state index >= 15 is 0 Å². The van der Waals surface area contributed by atoms with Gasteiger partial charge in [-0.05, 0) is 36.8 Å². The molecule has 0 fully saturated rings. The molecule has 0 atom stereocenters. The van der Waals surface area contributed by atoms with E-state index in [2.05, 4.69) is 0 Å².